The van der Waals surface area contributed by atoms with Crippen LogP contribution in [0.3, 0.4) is 0 Å². The van der Waals surface area contributed by atoms with Crippen molar-refractivity contribution in [1.29, 1.82) is 0 Å². The van der Waals surface area contributed by atoms with E-state index in [0.29, 0.717) is 10.8 Å². The monoisotopic (exact) mass is 224 g/mol. The summed E-state index contributed by atoms with van der Waals surface area (Å²) in [6.45, 7) is 13.8. The minimum absolute atomic E-state index is 0.536. The van der Waals surface area contributed by atoms with Gasteiger partial charge in [0.25, 0.3) is 0 Å². The molecule has 1 N–H and O–H groups in total. The van der Waals surface area contributed by atoms with Crippen molar-refractivity contribution >= 4 is 0 Å². The van der Waals surface area contributed by atoms with Gasteiger partial charge in [0.05, 0.1) is 0 Å². The van der Waals surface area contributed by atoms with Gasteiger partial charge in [0.1, 0.15) is 0 Å². The second-order valence-corrected chi connectivity index (χ2v) is 6.38. The van der Waals surface area contributed by atoms with Crippen LogP contribution < -0.4 is 0 Å². The van der Waals surface area contributed by atoms with Gasteiger partial charge < -0.3 is 5.11 Å². The van der Waals surface area contributed by atoms with E-state index in [0.717, 1.165) is 24.9 Å². The lowest BCUT2D eigenvalue weighted by Crippen LogP contribution is -2.32. The van der Waals surface area contributed by atoms with Crippen molar-refractivity contribution < 1.29 is 5.11 Å². The van der Waals surface area contributed by atoms with Gasteiger partial charge in [-0.2, -0.15) is 0 Å². The number of hydrogen-bond acceptors (Lipinski definition) is 1. The molecule has 1 heteroatoms. The molecule has 0 heterocycles. The fourth-order valence-electron chi connectivity index (χ4n) is 4.30. The maximum absolute atomic E-state index is 7.00. The van der Waals surface area contributed by atoms with E-state index in [9.17, 15) is 0 Å². The molecule has 0 amide bonds. The van der Waals surface area contributed by atoms with Crippen molar-refractivity contribution in [3.63, 3.8) is 0 Å². The molecule has 2 fully saturated rings. The quantitative estimate of drug-likeness (QED) is 0.706. The van der Waals surface area contributed by atoms with Crippen LogP contribution in [0.1, 0.15) is 47.0 Å². The van der Waals surface area contributed by atoms with Crippen LogP contribution in [0.25, 0.3) is 0 Å². The predicted molar refractivity (Wildman–Crippen MR) is 70.2 cm³/mol. The first-order valence-corrected chi connectivity index (χ1v) is 6.50. The molecule has 2 saturated carbocycles. The molecule has 94 valence electrons. The summed E-state index contributed by atoms with van der Waals surface area (Å²) in [6.07, 6.45) is 6.23. The molecule has 0 aromatic rings. The third kappa shape index (κ3) is 1.84. The van der Waals surface area contributed by atoms with Crippen LogP contribution in [0, 0.1) is 28.6 Å². The minimum atomic E-state index is 0.536. The Morgan fingerprint density at radius 2 is 1.81 bits per heavy atom. The molecule has 2 aliphatic carbocycles. The van der Waals surface area contributed by atoms with E-state index in [1.165, 1.54) is 19.3 Å². The summed E-state index contributed by atoms with van der Waals surface area (Å²) in [5.41, 5.74) is 1.15. The molecular formula is C15H28O. The molecule has 0 radical (unpaired) electrons. The summed E-state index contributed by atoms with van der Waals surface area (Å²) in [5.74, 6) is 2.84. The molecule has 4 atom stereocenters. The maximum atomic E-state index is 7.00. The Kier molecular flexibility index (Phi) is 3.89. The number of rotatable bonds is 2. The van der Waals surface area contributed by atoms with Crippen LogP contribution in [0.5, 0.6) is 0 Å². The Morgan fingerprint density at radius 1 is 1.25 bits per heavy atom. The molecule has 0 aromatic carbocycles. The fourth-order valence-corrected chi connectivity index (χ4v) is 4.30. The first-order valence-electron chi connectivity index (χ1n) is 6.50. The number of fused-ring (bicyclic) bond motifs is 1. The molecular weight excluding hydrogens is 196 g/mol. The summed E-state index contributed by atoms with van der Waals surface area (Å²) >= 11 is 0. The van der Waals surface area contributed by atoms with E-state index < -0.39 is 0 Å². The maximum Gasteiger partial charge on any atom is 0.0319 e. The molecule has 1 nitrogen and oxygen atoms in total. The second-order valence-electron chi connectivity index (χ2n) is 6.38. The molecule has 16 heavy (non-hydrogen) atoms. The fraction of sp³-hybridized carbons (Fsp3) is 0.867. The smallest absolute Gasteiger partial charge is 0.0319 e. The molecule has 4 unspecified atom stereocenters. The third-order valence-electron chi connectivity index (χ3n) is 5.38. The highest BCUT2D eigenvalue weighted by molar-refractivity contribution is 5.16. The number of aliphatic hydroxyl groups excluding tert-OH is 1. The summed E-state index contributed by atoms with van der Waals surface area (Å²) in [7, 11) is 1.00. The topological polar surface area (TPSA) is 20.2 Å². The lowest BCUT2D eigenvalue weighted by atomic mass is 9.65. The average molecular weight is 224 g/mol. The first-order chi connectivity index (χ1) is 7.44. The Balaban J connectivity index is 0.000000606. The molecule has 2 rings (SSSR count). The molecule has 0 aromatic heterocycles. The first kappa shape index (κ1) is 13.8. The summed E-state index contributed by atoms with van der Waals surface area (Å²) in [6, 6.07) is 0. The lowest BCUT2D eigenvalue weighted by molar-refractivity contribution is 0.108. The number of aliphatic hydroxyl groups is 1. The average Bonchev–Trinajstić information content (AvgIpc) is 2.80. The Labute approximate surface area is 101 Å². The van der Waals surface area contributed by atoms with Crippen LogP contribution in [0.15, 0.2) is 12.7 Å². The van der Waals surface area contributed by atoms with Crippen LogP contribution in [0.2, 0.25) is 0 Å². The SMILES string of the molecule is C=CCC1(C)C(C)CCC2C1C2(C)C.CO. The van der Waals surface area contributed by atoms with Crippen LogP contribution >= 0.6 is 0 Å². The highest BCUT2D eigenvalue weighted by Crippen LogP contribution is 2.73. The van der Waals surface area contributed by atoms with Crippen LogP contribution in [-0.4, -0.2) is 12.2 Å². The minimum Gasteiger partial charge on any atom is -0.400 e. The summed E-state index contributed by atoms with van der Waals surface area (Å²) in [5, 5.41) is 7.00. The predicted octanol–water partition coefficient (Wildman–Crippen LogP) is 3.88. The van der Waals surface area contributed by atoms with E-state index in [-0.39, 0.29) is 0 Å². The largest absolute Gasteiger partial charge is 0.400 e. The van der Waals surface area contributed by atoms with Crippen LogP contribution in [-0.2, 0) is 0 Å². The van der Waals surface area contributed by atoms with Gasteiger partial charge in [-0.3, -0.25) is 0 Å². The second kappa shape index (κ2) is 4.52. The van der Waals surface area contributed by atoms with Gasteiger partial charge in [-0.15, -0.1) is 6.58 Å². The van der Waals surface area contributed by atoms with Gasteiger partial charge in [-0.1, -0.05) is 33.8 Å². The van der Waals surface area contributed by atoms with E-state index in [1.54, 1.807) is 0 Å². The van der Waals surface area contributed by atoms with Crippen molar-refractivity contribution in [2.45, 2.75) is 47.0 Å². The van der Waals surface area contributed by atoms with Crippen molar-refractivity contribution in [2.75, 3.05) is 7.11 Å². The van der Waals surface area contributed by atoms with Crippen LogP contribution in [0.4, 0.5) is 0 Å². The number of hydrogen-bond donors (Lipinski definition) is 1. The van der Waals surface area contributed by atoms with E-state index in [1.807, 2.05) is 0 Å². The van der Waals surface area contributed by atoms with Crippen molar-refractivity contribution in [3.05, 3.63) is 12.7 Å². The normalized spacial score (nSPS) is 43.8. The van der Waals surface area contributed by atoms with Gasteiger partial charge >= 0.3 is 0 Å². The molecule has 0 aliphatic heterocycles. The summed E-state index contributed by atoms with van der Waals surface area (Å²) in [4.78, 5) is 0. The van der Waals surface area contributed by atoms with Crippen molar-refractivity contribution in [2.24, 2.45) is 28.6 Å². The molecule has 0 bridgehead atoms. The zero-order valence-electron chi connectivity index (χ0n) is 11.6. The third-order valence-corrected chi connectivity index (χ3v) is 5.38. The molecule has 0 spiro atoms. The van der Waals surface area contributed by atoms with Gasteiger partial charge in [0.2, 0.25) is 0 Å². The highest BCUT2D eigenvalue weighted by atomic mass is 16.2. The van der Waals surface area contributed by atoms with Crippen molar-refractivity contribution in [1.82, 2.24) is 0 Å². The van der Waals surface area contributed by atoms with E-state index in [2.05, 4.69) is 40.3 Å². The Bertz CT molecular complexity index is 256. The van der Waals surface area contributed by atoms with E-state index >= 15 is 0 Å². The van der Waals surface area contributed by atoms with Gasteiger partial charge in [0, 0.05) is 7.11 Å². The standard InChI is InChI=1S/C14H24.CH4O/c1-6-9-14(5)10(2)7-8-11-12(14)13(11,3)4;1-2/h6,10-12H,1,7-9H2,2-5H3;2H,1H3. The number of allylic oxidation sites excluding steroid dienone is 1. The summed E-state index contributed by atoms with van der Waals surface area (Å²) < 4.78 is 0. The molecule has 2 aliphatic rings. The van der Waals surface area contributed by atoms with Gasteiger partial charge in [0.15, 0.2) is 0 Å². The molecule has 0 saturated heterocycles. The Hall–Kier alpha value is -0.300. The van der Waals surface area contributed by atoms with E-state index in [4.69, 9.17) is 5.11 Å². The van der Waals surface area contributed by atoms with Crippen molar-refractivity contribution in [3.8, 4) is 0 Å². The zero-order valence-corrected chi connectivity index (χ0v) is 11.6. The Morgan fingerprint density at radius 3 is 2.31 bits per heavy atom. The van der Waals surface area contributed by atoms with Gasteiger partial charge in [-0.25, -0.2) is 0 Å². The zero-order chi connectivity index (χ0) is 12.6. The lowest BCUT2D eigenvalue weighted by Gasteiger charge is -2.39. The highest BCUT2D eigenvalue weighted by Gasteiger charge is 2.66. The van der Waals surface area contributed by atoms with Gasteiger partial charge in [-0.05, 0) is 47.8 Å².